The Morgan fingerprint density at radius 3 is 2.62 bits per heavy atom. The van der Waals surface area contributed by atoms with Crippen LogP contribution in [0.25, 0.3) is 0 Å². The highest BCUT2D eigenvalue weighted by atomic mass is 79.9. The van der Waals surface area contributed by atoms with E-state index >= 15 is 0 Å². The molecule has 0 saturated carbocycles. The van der Waals surface area contributed by atoms with E-state index in [-0.39, 0.29) is 15.7 Å². The van der Waals surface area contributed by atoms with Crippen LogP contribution in [0.4, 0.5) is 5.69 Å². The number of nitrogens with one attached hydrogen (secondary N) is 1. The highest BCUT2D eigenvalue weighted by Crippen LogP contribution is 2.30. The molecule has 0 bridgehead atoms. The lowest BCUT2D eigenvalue weighted by atomic mass is 10.3. The molecule has 0 spiro atoms. The van der Waals surface area contributed by atoms with E-state index in [2.05, 4.69) is 25.6 Å². The summed E-state index contributed by atoms with van der Waals surface area (Å²) in [6.45, 7) is 1.75. The molecule has 21 heavy (non-hydrogen) atoms. The SMILES string of the molecule is COc1ccc(S(=O)(=O)Nc2c(C)ccnc2Cl)cc1Br. The molecule has 0 aliphatic carbocycles. The van der Waals surface area contributed by atoms with E-state index in [9.17, 15) is 8.42 Å². The summed E-state index contributed by atoms with van der Waals surface area (Å²) >= 11 is 9.19. The topological polar surface area (TPSA) is 68.3 Å². The second kappa shape index (κ2) is 6.21. The molecule has 112 valence electrons. The number of sulfonamides is 1. The van der Waals surface area contributed by atoms with Crippen molar-refractivity contribution in [1.29, 1.82) is 0 Å². The second-order valence-electron chi connectivity index (χ2n) is 4.20. The fourth-order valence-electron chi connectivity index (χ4n) is 1.66. The molecule has 8 heteroatoms. The third-order valence-corrected chi connectivity index (χ3v) is 5.04. The molecule has 1 heterocycles. The second-order valence-corrected chi connectivity index (χ2v) is 7.09. The summed E-state index contributed by atoms with van der Waals surface area (Å²) in [6, 6.07) is 6.15. The number of aromatic nitrogens is 1. The summed E-state index contributed by atoms with van der Waals surface area (Å²) in [5.74, 6) is 0.546. The first-order valence-electron chi connectivity index (χ1n) is 5.82. The van der Waals surface area contributed by atoms with Crippen molar-refractivity contribution in [1.82, 2.24) is 4.98 Å². The number of nitrogens with zero attached hydrogens (tertiary/aromatic N) is 1. The molecule has 5 nitrogen and oxygen atoms in total. The normalized spacial score (nSPS) is 11.2. The minimum atomic E-state index is -3.77. The van der Waals surface area contributed by atoms with Gasteiger partial charge in [0.2, 0.25) is 0 Å². The molecule has 0 saturated heterocycles. The Hall–Kier alpha value is -1.31. The molecule has 2 aromatic rings. The number of anilines is 1. The van der Waals surface area contributed by atoms with E-state index in [0.29, 0.717) is 15.8 Å². The van der Waals surface area contributed by atoms with Crippen molar-refractivity contribution in [3.05, 3.63) is 45.7 Å². The van der Waals surface area contributed by atoms with Crippen molar-refractivity contribution >= 4 is 43.2 Å². The highest BCUT2D eigenvalue weighted by Gasteiger charge is 2.18. The zero-order valence-electron chi connectivity index (χ0n) is 11.2. The Kier molecular flexibility index (Phi) is 4.75. The predicted octanol–water partition coefficient (Wildman–Crippen LogP) is 3.62. The molecule has 0 amide bonds. The number of halogens is 2. The first-order valence-corrected chi connectivity index (χ1v) is 8.48. The third-order valence-electron chi connectivity index (χ3n) is 2.78. The van der Waals surface area contributed by atoms with E-state index < -0.39 is 10.0 Å². The van der Waals surface area contributed by atoms with Gasteiger partial charge in [-0.3, -0.25) is 4.72 Å². The van der Waals surface area contributed by atoms with Crippen molar-refractivity contribution in [2.45, 2.75) is 11.8 Å². The average Bonchev–Trinajstić information content (AvgIpc) is 2.43. The molecular weight excluding hydrogens is 380 g/mol. The maximum atomic E-state index is 12.4. The first-order chi connectivity index (χ1) is 9.85. The van der Waals surface area contributed by atoms with Crippen LogP contribution >= 0.6 is 27.5 Å². The number of pyridine rings is 1. The maximum absolute atomic E-state index is 12.4. The van der Waals surface area contributed by atoms with Gasteiger partial charge in [0, 0.05) is 6.20 Å². The van der Waals surface area contributed by atoms with Crippen molar-refractivity contribution in [2.24, 2.45) is 0 Å². The predicted molar refractivity (Wildman–Crippen MR) is 85.5 cm³/mol. The minimum Gasteiger partial charge on any atom is -0.496 e. The van der Waals surface area contributed by atoms with Crippen LogP contribution in [0.2, 0.25) is 5.15 Å². The fourth-order valence-corrected chi connectivity index (χ4v) is 3.82. The molecule has 0 unspecified atom stereocenters. The van der Waals surface area contributed by atoms with Gasteiger partial charge in [-0.05, 0) is 52.7 Å². The van der Waals surface area contributed by atoms with Crippen molar-refractivity contribution < 1.29 is 13.2 Å². The first kappa shape index (κ1) is 16.1. The molecule has 0 aliphatic heterocycles. The van der Waals surface area contributed by atoms with E-state index in [4.69, 9.17) is 16.3 Å². The van der Waals surface area contributed by atoms with E-state index in [1.165, 1.54) is 25.4 Å². The summed E-state index contributed by atoms with van der Waals surface area (Å²) in [5, 5.41) is 0.103. The van der Waals surface area contributed by atoms with E-state index in [0.717, 1.165) is 0 Å². The van der Waals surface area contributed by atoms with Crippen molar-refractivity contribution in [3.63, 3.8) is 0 Å². The van der Waals surface area contributed by atoms with Gasteiger partial charge in [-0.15, -0.1) is 0 Å². The van der Waals surface area contributed by atoms with Gasteiger partial charge in [-0.25, -0.2) is 13.4 Å². The molecule has 2 rings (SSSR count). The zero-order chi connectivity index (χ0) is 15.6. The average molecular weight is 392 g/mol. The van der Waals surface area contributed by atoms with E-state index in [1.54, 1.807) is 19.1 Å². The minimum absolute atomic E-state index is 0.0921. The van der Waals surface area contributed by atoms with Crippen LogP contribution in [-0.4, -0.2) is 20.5 Å². The lowest BCUT2D eigenvalue weighted by Crippen LogP contribution is -2.14. The lowest BCUT2D eigenvalue weighted by Gasteiger charge is -2.12. The van der Waals surface area contributed by atoms with Gasteiger partial charge in [0.1, 0.15) is 5.75 Å². The molecular formula is C13H12BrClN2O3S. The molecule has 1 N–H and O–H groups in total. The summed E-state index contributed by atoms with van der Waals surface area (Å²) in [4.78, 5) is 3.96. The quantitative estimate of drug-likeness (QED) is 0.808. The number of benzene rings is 1. The van der Waals surface area contributed by atoms with Gasteiger partial charge in [-0.1, -0.05) is 11.6 Å². The van der Waals surface area contributed by atoms with Gasteiger partial charge >= 0.3 is 0 Å². The third kappa shape index (κ3) is 3.48. The Morgan fingerprint density at radius 2 is 2.05 bits per heavy atom. The fraction of sp³-hybridized carbons (Fsp3) is 0.154. The summed E-state index contributed by atoms with van der Waals surface area (Å²) < 4.78 is 32.9. The van der Waals surface area contributed by atoms with Crippen LogP contribution < -0.4 is 9.46 Å². The maximum Gasteiger partial charge on any atom is 0.262 e. The van der Waals surface area contributed by atoms with Crippen LogP contribution in [0.5, 0.6) is 5.75 Å². The standard InChI is InChI=1S/C13H12BrClN2O3S/c1-8-5-6-16-13(15)12(8)17-21(18,19)9-3-4-11(20-2)10(14)7-9/h3-7,17H,1-2H3. The van der Waals surface area contributed by atoms with Crippen LogP contribution in [0.3, 0.4) is 0 Å². The lowest BCUT2D eigenvalue weighted by molar-refractivity contribution is 0.411. The van der Waals surface area contributed by atoms with Gasteiger partial charge in [0.05, 0.1) is 22.2 Å². The van der Waals surface area contributed by atoms with Crippen LogP contribution in [0, 0.1) is 6.92 Å². The molecule has 0 radical (unpaired) electrons. The summed E-state index contributed by atoms with van der Waals surface area (Å²) in [6.07, 6.45) is 1.51. The van der Waals surface area contributed by atoms with Gasteiger partial charge in [-0.2, -0.15) is 0 Å². The molecule has 0 atom stereocenters. The molecule has 1 aromatic heterocycles. The van der Waals surface area contributed by atoms with Gasteiger partial charge in [0.15, 0.2) is 5.15 Å². The smallest absolute Gasteiger partial charge is 0.262 e. The highest BCUT2D eigenvalue weighted by molar-refractivity contribution is 9.10. The summed E-state index contributed by atoms with van der Waals surface area (Å²) in [5.41, 5.74) is 0.956. The van der Waals surface area contributed by atoms with Crippen molar-refractivity contribution in [2.75, 3.05) is 11.8 Å². The number of hydrogen-bond acceptors (Lipinski definition) is 4. The number of ether oxygens (including phenoxy) is 1. The Bertz CT molecular complexity index is 761. The molecule has 0 fully saturated rings. The Balaban J connectivity index is 2.41. The number of hydrogen-bond donors (Lipinski definition) is 1. The zero-order valence-corrected chi connectivity index (χ0v) is 14.4. The van der Waals surface area contributed by atoms with Gasteiger partial charge in [0.25, 0.3) is 10.0 Å². The van der Waals surface area contributed by atoms with Crippen molar-refractivity contribution in [3.8, 4) is 5.75 Å². The largest absolute Gasteiger partial charge is 0.496 e. The van der Waals surface area contributed by atoms with Gasteiger partial charge < -0.3 is 4.74 Å². The monoisotopic (exact) mass is 390 g/mol. The van der Waals surface area contributed by atoms with Crippen LogP contribution in [-0.2, 0) is 10.0 Å². The van der Waals surface area contributed by atoms with E-state index in [1.807, 2.05) is 0 Å². The number of rotatable bonds is 4. The van der Waals surface area contributed by atoms with Crippen LogP contribution in [0.15, 0.2) is 39.8 Å². The Labute approximate surface area is 136 Å². The number of aryl methyl sites for hydroxylation is 1. The van der Waals surface area contributed by atoms with Crippen LogP contribution in [0.1, 0.15) is 5.56 Å². The molecule has 0 aliphatic rings. The Morgan fingerprint density at radius 1 is 1.33 bits per heavy atom. The molecule has 1 aromatic carbocycles. The summed E-state index contributed by atoms with van der Waals surface area (Å²) in [7, 11) is -2.26. The number of methoxy groups -OCH3 is 1.